The highest BCUT2D eigenvalue weighted by molar-refractivity contribution is 5.71. The normalized spacial score (nSPS) is 11.2. The van der Waals surface area contributed by atoms with Crippen molar-refractivity contribution >= 4 is 5.97 Å². The first-order valence-electron chi connectivity index (χ1n) is 6.21. The number of rotatable bonds is 4. The van der Waals surface area contributed by atoms with E-state index in [4.69, 9.17) is 4.74 Å². The Morgan fingerprint density at radius 3 is 2.44 bits per heavy atom. The second kappa shape index (κ2) is 5.89. The number of methoxy groups -OCH3 is 1. The lowest BCUT2D eigenvalue weighted by molar-refractivity contribution is -0.142. The summed E-state index contributed by atoms with van der Waals surface area (Å²) in [5, 5.41) is 0. The van der Waals surface area contributed by atoms with Gasteiger partial charge in [0.25, 0.3) is 0 Å². The van der Waals surface area contributed by atoms with Crippen LogP contribution >= 0.6 is 0 Å². The summed E-state index contributed by atoms with van der Waals surface area (Å²) in [4.78, 5) is 11.1. The average Bonchev–Trinajstić information content (AvgIpc) is 2.34. The first-order chi connectivity index (χ1) is 8.38. The van der Waals surface area contributed by atoms with Crippen LogP contribution in [0.5, 0.6) is 5.75 Å². The summed E-state index contributed by atoms with van der Waals surface area (Å²) in [7, 11) is 1.36. The Morgan fingerprint density at radius 1 is 1.28 bits per heavy atom. The van der Waals surface area contributed by atoms with Crippen LogP contribution in [-0.4, -0.2) is 19.7 Å². The Bertz CT molecular complexity index is 416. The Hall–Kier alpha value is -1.51. The number of benzene rings is 1. The SMILES string of the molecule is CCc1ccc(OCC(=O)OC)c(C(C)(C)C)c1. The number of carbonyl (C=O) groups excluding carboxylic acids is 1. The summed E-state index contributed by atoms with van der Waals surface area (Å²) in [5.74, 6) is 0.388. The Kier molecular flexibility index (Phi) is 4.76. The minimum atomic E-state index is -0.366. The molecule has 0 unspecified atom stereocenters. The number of aryl methyl sites for hydroxylation is 1. The molecule has 0 aliphatic rings. The van der Waals surface area contributed by atoms with Gasteiger partial charge in [-0.05, 0) is 29.0 Å². The number of hydrogen-bond acceptors (Lipinski definition) is 3. The number of esters is 1. The molecule has 0 saturated heterocycles. The molecule has 0 bridgehead atoms. The molecule has 3 nitrogen and oxygen atoms in total. The smallest absolute Gasteiger partial charge is 0.343 e. The lowest BCUT2D eigenvalue weighted by Crippen LogP contribution is -2.17. The van der Waals surface area contributed by atoms with Gasteiger partial charge in [0, 0.05) is 0 Å². The first-order valence-corrected chi connectivity index (χ1v) is 6.21. The summed E-state index contributed by atoms with van der Waals surface area (Å²) >= 11 is 0. The molecule has 0 fully saturated rings. The number of ether oxygens (including phenoxy) is 2. The first kappa shape index (κ1) is 14.6. The minimum Gasteiger partial charge on any atom is -0.482 e. The maximum Gasteiger partial charge on any atom is 0.343 e. The van der Waals surface area contributed by atoms with Crippen molar-refractivity contribution in [3.05, 3.63) is 29.3 Å². The van der Waals surface area contributed by atoms with Crippen molar-refractivity contribution in [1.29, 1.82) is 0 Å². The van der Waals surface area contributed by atoms with Gasteiger partial charge in [-0.15, -0.1) is 0 Å². The highest BCUT2D eigenvalue weighted by Crippen LogP contribution is 2.32. The molecule has 100 valence electrons. The fourth-order valence-corrected chi connectivity index (χ4v) is 1.70. The van der Waals surface area contributed by atoms with E-state index in [1.165, 1.54) is 12.7 Å². The third kappa shape index (κ3) is 3.76. The largest absolute Gasteiger partial charge is 0.482 e. The van der Waals surface area contributed by atoms with Crippen LogP contribution < -0.4 is 4.74 Å². The predicted octanol–water partition coefficient (Wildman–Crippen LogP) is 3.10. The molecule has 0 radical (unpaired) electrons. The molecular weight excluding hydrogens is 228 g/mol. The molecule has 0 amide bonds. The van der Waals surface area contributed by atoms with E-state index in [-0.39, 0.29) is 18.0 Å². The molecule has 1 aromatic carbocycles. The third-order valence-electron chi connectivity index (χ3n) is 2.83. The monoisotopic (exact) mass is 250 g/mol. The van der Waals surface area contributed by atoms with Gasteiger partial charge in [-0.1, -0.05) is 39.8 Å². The lowest BCUT2D eigenvalue weighted by atomic mass is 9.85. The Balaban J connectivity index is 2.99. The van der Waals surface area contributed by atoms with Crippen LogP contribution in [0.3, 0.4) is 0 Å². The summed E-state index contributed by atoms with van der Waals surface area (Å²) < 4.78 is 10.1. The fraction of sp³-hybridized carbons (Fsp3) is 0.533. The van der Waals surface area contributed by atoms with E-state index in [0.29, 0.717) is 0 Å². The van der Waals surface area contributed by atoms with Gasteiger partial charge in [-0.2, -0.15) is 0 Å². The Morgan fingerprint density at radius 2 is 1.94 bits per heavy atom. The molecule has 0 atom stereocenters. The molecule has 18 heavy (non-hydrogen) atoms. The second-order valence-corrected chi connectivity index (χ2v) is 5.30. The molecule has 0 heterocycles. The zero-order chi connectivity index (χ0) is 13.8. The van der Waals surface area contributed by atoms with Gasteiger partial charge < -0.3 is 9.47 Å². The molecule has 0 N–H and O–H groups in total. The number of carbonyl (C=O) groups is 1. The predicted molar refractivity (Wildman–Crippen MR) is 72.0 cm³/mol. The minimum absolute atomic E-state index is 0.0172. The second-order valence-electron chi connectivity index (χ2n) is 5.30. The maximum atomic E-state index is 11.1. The quantitative estimate of drug-likeness (QED) is 0.770. The standard InChI is InChI=1S/C15H22O3/c1-6-11-7-8-13(18-10-14(16)17-5)12(9-11)15(2,3)4/h7-9H,6,10H2,1-5H3. The van der Waals surface area contributed by atoms with Gasteiger partial charge in [-0.25, -0.2) is 4.79 Å². The van der Waals surface area contributed by atoms with E-state index < -0.39 is 0 Å². The van der Waals surface area contributed by atoms with E-state index in [1.54, 1.807) is 0 Å². The van der Waals surface area contributed by atoms with E-state index in [1.807, 2.05) is 12.1 Å². The van der Waals surface area contributed by atoms with E-state index >= 15 is 0 Å². The van der Waals surface area contributed by atoms with E-state index in [0.717, 1.165) is 17.7 Å². The molecule has 3 heteroatoms. The molecule has 1 aromatic rings. The highest BCUT2D eigenvalue weighted by Gasteiger charge is 2.20. The zero-order valence-electron chi connectivity index (χ0n) is 11.9. The molecule has 0 spiro atoms. The summed E-state index contributed by atoms with van der Waals surface area (Å²) in [5.41, 5.74) is 2.37. The van der Waals surface area contributed by atoms with Crippen LogP contribution in [0, 0.1) is 0 Å². The summed E-state index contributed by atoms with van der Waals surface area (Å²) in [6.45, 7) is 8.47. The number of hydrogen-bond donors (Lipinski definition) is 0. The van der Waals surface area contributed by atoms with E-state index in [2.05, 4.69) is 38.5 Å². The van der Waals surface area contributed by atoms with Crippen molar-refractivity contribution in [2.45, 2.75) is 39.5 Å². The van der Waals surface area contributed by atoms with Gasteiger partial charge in [0.15, 0.2) is 6.61 Å². The van der Waals surface area contributed by atoms with Crippen molar-refractivity contribution in [2.24, 2.45) is 0 Å². The van der Waals surface area contributed by atoms with Crippen molar-refractivity contribution in [2.75, 3.05) is 13.7 Å². The summed E-state index contributed by atoms with van der Waals surface area (Å²) in [6.07, 6.45) is 0.986. The summed E-state index contributed by atoms with van der Waals surface area (Å²) in [6, 6.07) is 6.11. The van der Waals surface area contributed by atoms with Crippen molar-refractivity contribution in [1.82, 2.24) is 0 Å². The molecular formula is C15H22O3. The average molecular weight is 250 g/mol. The molecule has 0 aliphatic heterocycles. The molecule has 0 aromatic heterocycles. The molecule has 0 saturated carbocycles. The van der Waals surface area contributed by atoms with Gasteiger partial charge in [0.1, 0.15) is 5.75 Å². The topological polar surface area (TPSA) is 35.5 Å². The van der Waals surface area contributed by atoms with Crippen LogP contribution in [0.1, 0.15) is 38.8 Å². The van der Waals surface area contributed by atoms with Crippen LogP contribution in [-0.2, 0) is 21.4 Å². The Labute approximate surface area is 109 Å². The van der Waals surface area contributed by atoms with Crippen LogP contribution in [0.2, 0.25) is 0 Å². The lowest BCUT2D eigenvalue weighted by Gasteiger charge is -2.23. The van der Waals surface area contributed by atoms with Crippen LogP contribution in [0.15, 0.2) is 18.2 Å². The van der Waals surface area contributed by atoms with Gasteiger partial charge in [0.2, 0.25) is 0 Å². The van der Waals surface area contributed by atoms with Crippen LogP contribution in [0.25, 0.3) is 0 Å². The fourth-order valence-electron chi connectivity index (χ4n) is 1.70. The van der Waals surface area contributed by atoms with Gasteiger partial charge >= 0.3 is 5.97 Å². The van der Waals surface area contributed by atoms with Gasteiger partial charge in [0.05, 0.1) is 7.11 Å². The highest BCUT2D eigenvalue weighted by atomic mass is 16.6. The zero-order valence-corrected chi connectivity index (χ0v) is 11.9. The van der Waals surface area contributed by atoms with Crippen molar-refractivity contribution in [3.8, 4) is 5.75 Å². The molecule has 1 rings (SSSR count). The maximum absolute atomic E-state index is 11.1. The molecule has 0 aliphatic carbocycles. The van der Waals surface area contributed by atoms with Crippen molar-refractivity contribution < 1.29 is 14.3 Å². The van der Waals surface area contributed by atoms with Crippen molar-refractivity contribution in [3.63, 3.8) is 0 Å². The third-order valence-corrected chi connectivity index (χ3v) is 2.83. The van der Waals surface area contributed by atoms with E-state index in [9.17, 15) is 4.79 Å². The van der Waals surface area contributed by atoms with Gasteiger partial charge in [-0.3, -0.25) is 0 Å². The van der Waals surface area contributed by atoms with Crippen LogP contribution in [0.4, 0.5) is 0 Å².